The van der Waals surface area contributed by atoms with Gasteiger partial charge >= 0.3 is 6.18 Å². The molecule has 8 heteroatoms. The van der Waals surface area contributed by atoms with Crippen LogP contribution in [0.2, 0.25) is 0 Å². The molecule has 2 aromatic heterocycles. The summed E-state index contributed by atoms with van der Waals surface area (Å²) in [6.07, 6.45) is -0.130. The van der Waals surface area contributed by atoms with Gasteiger partial charge in [-0.1, -0.05) is 13.8 Å². The molecule has 0 radical (unpaired) electrons. The van der Waals surface area contributed by atoms with Gasteiger partial charge in [-0.2, -0.15) is 13.2 Å². The lowest BCUT2D eigenvalue weighted by atomic mass is 9.77. The summed E-state index contributed by atoms with van der Waals surface area (Å²) in [6, 6.07) is 1.63. The molecule has 2 fully saturated rings. The Morgan fingerprint density at radius 3 is 2.54 bits per heavy atom. The molecular weight excluding hydrogens is 385 g/mol. The molecule has 1 spiro atoms. The number of fused-ring (bicyclic) bond motifs is 1. The molecule has 0 amide bonds. The van der Waals surface area contributed by atoms with E-state index in [-0.39, 0.29) is 0 Å². The van der Waals surface area contributed by atoms with Gasteiger partial charge in [-0.25, -0.2) is 9.97 Å². The average Bonchev–Trinajstić information content (AvgIpc) is 3.17. The topological polar surface area (TPSA) is 32.3 Å². The number of nitrogens with zero attached hydrogens (tertiary/aromatic N) is 4. The molecule has 28 heavy (non-hydrogen) atoms. The van der Waals surface area contributed by atoms with Crippen molar-refractivity contribution in [3.63, 3.8) is 0 Å². The predicted octanol–water partition coefficient (Wildman–Crippen LogP) is 4.74. The largest absolute Gasteiger partial charge is 0.393 e. The molecule has 0 bridgehead atoms. The third kappa shape index (κ3) is 4.27. The summed E-state index contributed by atoms with van der Waals surface area (Å²) in [5.41, 5.74) is 0.396. The molecule has 2 aliphatic rings. The summed E-state index contributed by atoms with van der Waals surface area (Å²) in [5, 5.41) is 0.760. The number of rotatable bonds is 4. The van der Waals surface area contributed by atoms with Crippen molar-refractivity contribution in [2.45, 2.75) is 45.7 Å². The Balaban J connectivity index is 1.47. The smallest absolute Gasteiger partial charge is 0.356 e. The minimum atomic E-state index is -4.20. The van der Waals surface area contributed by atoms with E-state index in [2.05, 4.69) is 33.6 Å². The van der Waals surface area contributed by atoms with E-state index in [1.807, 2.05) is 0 Å². The maximum atomic E-state index is 12.8. The lowest BCUT2D eigenvalue weighted by Gasteiger charge is -2.40. The second-order valence-electron chi connectivity index (χ2n) is 8.79. The number of piperidine rings is 1. The van der Waals surface area contributed by atoms with Crippen molar-refractivity contribution >= 4 is 27.4 Å². The van der Waals surface area contributed by atoms with Crippen LogP contribution in [-0.2, 0) is 6.42 Å². The van der Waals surface area contributed by atoms with Crippen LogP contribution in [0.25, 0.3) is 10.2 Å². The highest BCUT2D eigenvalue weighted by Gasteiger charge is 2.41. The summed E-state index contributed by atoms with van der Waals surface area (Å²) >= 11 is 1.12. The second-order valence-corrected chi connectivity index (χ2v) is 9.90. The van der Waals surface area contributed by atoms with E-state index < -0.39 is 12.6 Å². The van der Waals surface area contributed by atoms with Gasteiger partial charge in [0.05, 0.1) is 11.8 Å². The first-order valence-corrected chi connectivity index (χ1v) is 10.8. The third-order valence-corrected chi connectivity index (χ3v) is 7.04. The number of hydrogen-bond donors (Lipinski definition) is 0. The summed E-state index contributed by atoms with van der Waals surface area (Å²) in [7, 11) is 0. The van der Waals surface area contributed by atoms with Gasteiger partial charge < -0.3 is 9.80 Å². The summed E-state index contributed by atoms with van der Waals surface area (Å²) in [5.74, 6) is 1.48. The Morgan fingerprint density at radius 1 is 1.14 bits per heavy atom. The molecule has 4 nitrogen and oxygen atoms in total. The minimum absolute atomic E-state index is 0.304. The summed E-state index contributed by atoms with van der Waals surface area (Å²) in [6.45, 7) is 9.87. The number of anilines is 1. The Labute approximate surface area is 167 Å². The van der Waals surface area contributed by atoms with Crippen LogP contribution in [0.3, 0.4) is 0 Å². The van der Waals surface area contributed by atoms with Crippen molar-refractivity contribution < 1.29 is 13.2 Å². The van der Waals surface area contributed by atoms with E-state index in [9.17, 15) is 13.2 Å². The molecule has 2 saturated heterocycles. The Hall–Kier alpha value is -1.41. The van der Waals surface area contributed by atoms with E-state index in [1.165, 1.54) is 25.8 Å². The highest BCUT2D eigenvalue weighted by molar-refractivity contribution is 7.18. The average molecular weight is 413 g/mol. The maximum Gasteiger partial charge on any atom is 0.393 e. The predicted molar refractivity (Wildman–Crippen MR) is 107 cm³/mol. The van der Waals surface area contributed by atoms with Crippen LogP contribution in [0.1, 0.15) is 38.0 Å². The maximum absolute atomic E-state index is 12.8. The monoisotopic (exact) mass is 412 g/mol. The van der Waals surface area contributed by atoms with E-state index in [0.29, 0.717) is 21.0 Å². The van der Waals surface area contributed by atoms with Gasteiger partial charge in [0.2, 0.25) is 0 Å². The van der Waals surface area contributed by atoms with Gasteiger partial charge in [-0.05, 0) is 43.2 Å². The molecule has 0 aromatic carbocycles. The van der Waals surface area contributed by atoms with Crippen LogP contribution in [0.5, 0.6) is 0 Å². The van der Waals surface area contributed by atoms with Crippen molar-refractivity contribution in [3.8, 4) is 0 Å². The molecule has 0 atom stereocenters. The van der Waals surface area contributed by atoms with Crippen molar-refractivity contribution in [3.05, 3.63) is 17.3 Å². The fraction of sp³-hybridized carbons (Fsp3) is 0.700. The van der Waals surface area contributed by atoms with Crippen LogP contribution >= 0.6 is 11.3 Å². The normalized spacial score (nSPS) is 20.7. The number of alkyl halides is 3. The van der Waals surface area contributed by atoms with E-state index in [4.69, 9.17) is 0 Å². The third-order valence-electron chi connectivity index (χ3n) is 6.00. The zero-order valence-electron chi connectivity index (χ0n) is 16.4. The quantitative estimate of drug-likeness (QED) is 0.726. The summed E-state index contributed by atoms with van der Waals surface area (Å²) in [4.78, 5) is 14.4. The van der Waals surface area contributed by atoms with Gasteiger partial charge in [0.1, 0.15) is 17.0 Å². The molecule has 2 aromatic rings. The van der Waals surface area contributed by atoms with Crippen molar-refractivity contribution in [1.29, 1.82) is 0 Å². The van der Waals surface area contributed by atoms with E-state index in [1.54, 1.807) is 6.07 Å². The summed E-state index contributed by atoms with van der Waals surface area (Å²) < 4.78 is 38.3. The highest BCUT2D eigenvalue weighted by Crippen LogP contribution is 2.42. The van der Waals surface area contributed by atoms with Gasteiger partial charge in [0.15, 0.2) is 0 Å². The standard InChI is InChI=1S/C20H27F3N4S/c1-14(2)11-26-6-3-19(12-26)4-7-27(8-5-19)17-16-9-15(10-20(21,22)23)28-18(16)25-13-24-17/h9,13-14H,3-8,10-12H2,1-2H3. The number of likely N-dealkylation sites (tertiary alicyclic amines) is 1. The van der Waals surface area contributed by atoms with Crippen molar-refractivity contribution in [2.24, 2.45) is 11.3 Å². The second kappa shape index (κ2) is 7.44. The zero-order chi connectivity index (χ0) is 19.9. The van der Waals surface area contributed by atoms with Crippen molar-refractivity contribution in [1.82, 2.24) is 14.9 Å². The zero-order valence-corrected chi connectivity index (χ0v) is 17.2. The molecule has 4 rings (SSSR count). The molecule has 0 unspecified atom stereocenters. The number of halogens is 3. The van der Waals surface area contributed by atoms with Crippen LogP contribution in [0, 0.1) is 11.3 Å². The Morgan fingerprint density at radius 2 is 1.86 bits per heavy atom. The highest BCUT2D eigenvalue weighted by atomic mass is 32.1. The SMILES string of the molecule is CC(C)CN1CCC2(CCN(c3ncnc4sc(CC(F)(F)F)cc34)CC2)C1. The lowest BCUT2D eigenvalue weighted by Crippen LogP contribution is -2.42. The van der Waals surface area contributed by atoms with Gasteiger partial charge in [-0.15, -0.1) is 11.3 Å². The van der Waals surface area contributed by atoms with Gasteiger partial charge in [-0.3, -0.25) is 0 Å². The first-order chi connectivity index (χ1) is 13.2. The first-order valence-electron chi connectivity index (χ1n) is 10.0. The van der Waals surface area contributed by atoms with Crippen LogP contribution in [0.15, 0.2) is 12.4 Å². The van der Waals surface area contributed by atoms with Gasteiger partial charge in [0, 0.05) is 31.1 Å². The van der Waals surface area contributed by atoms with Crippen LogP contribution < -0.4 is 4.90 Å². The molecule has 2 aliphatic heterocycles. The fourth-order valence-electron chi connectivity index (χ4n) is 4.73. The van der Waals surface area contributed by atoms with Crippen LogP contribution in [0.4, 0.5) is 19.0 Å². The Kier molecular flexibility index (Phi) is 5.29. The molecule has 0 N–H and O–H groups in total. The number of aromatic nitrogens is 2. The fourth-order valence-corrected chi connectivity index (χ4v) is 5.75. The van der Waals surface area contributed by atoms with E-state index in [0.717, 1.165) is 55.0 Å². The van der Waals surface area contributed by atoms with E-state index >= 15 is 0 Å². The lowest BCUT2D eigenvalue weighted by molar-refractivity contribution is -0.126. The minimum Gasteiger partial charge on any atom is -0.356 e. The molecule has 0 aliphatic carbocycles. The van der Waals surface area contributed by atoms with Crippen LogP contribution in [-0.4, -0.2) is 53.8 Å². The van der Waals surface area contributed by atoms with Crippen molar-refractivity contribution in [2.75, 3.05) is 37.6 Å². The number of hydrogen-bond acceptors (Lipinski definition) is 5. The first kappa shape index (κ1) is 19.9. The number of thiophene rings is 1. The molecule has 0 saturated carbocycles. The Bertz CT molecular complexity index is 824. The molecular formula is C20H27F3N4S. The molecule has 4 heterocycles. The van der Waals surface area contributed by atoms with Gasteiger partial charge in [0.25, 0.3) is 0 Å². The molecule has 154 valence electrons.